The predicted molar refractivity (Wildman–Crippen MR) is 104 cm³/mol. The van der Waals surface area contributed by atoms with Crippen LogP contribution in [-0.4, -0.2) is 33.8 Å². The molecule has 0 aliphatic rings. The first-order chi connectivity index (χ1) is 13.2. The molecule has 2 aromatic heterocycles. The largest absolute Gasteiger partial charge is 0.494 e. The first-order valence-corrected chi connectivity index (χ1v) is 9.15. The van der Waals surface area contributed by atoms with Gasteiger partial charge in [-0.05, 0) is 49.6 Å². The quantitative estimate of drug-likeness (QED) is 0.623. The molecule has 3 rings (SSSR count). The molecule has 0 aliphatic heterocycles. The summed E-state index contributed by atoms with van der Waals surface area (Å²) in [5.74, 6) is 1.44. The molecule has 1 amide bonds. The minimum absolute atomic E-state index is 0.121. The van der Waals surface area contributed by atoms with Crippen molar-refractivity contribution in [2.45, 2.75) is 26.7 Å². The molecule has 0 saturated carbocycles. The first kappa shape index (κ1) is 18.6. The van der Waals surface area contributed by atoms with E-state index in [-0.39, 0.29) is 5.91 Å². The van der Waals surface area contributed by atoms with Crippen molar-refractivity contribution in [1.82, 2.24) is 20.1 Å². The minimum atomic E-state index is -0.121. The molecule has 140 valence electrons. The van der Waals surface area contributed by atoms with E-state index < -0.39 is 0 Å². The van der Waals surface area contributed by atoms with E-state index in [1.807, 2.05) is 56.3 Å². The van der Waals surface area contributed by atoms with Crippen molar-refractivity contribution in [2.75, 3.05) is 13.2 Å². The van der Waals surface area contributed by atoms with Crippen LogP contribution in [0.2, 0.25) is 0 Å². The average Bonchev–Trinajstić information content (AvgIpc) is 3.12. The molecule has 1 aromatic carbocycles. The third kappa shape index (κ3) is 4.73. The van der Waals surface area contributed by atoms with Crippen LogP contribution in [-0.2, 0) is 6.42 Å². The van der Waals surface area contributed by atoms with Crippen molar-refractivity contribution in [1.29, 1.82) is 0 Å². The lowest BCUT2D eigenvalue weighted by Crippen LogP contribution is -2.26. The summed E-state index contributed by atoms with van der Waals surface area (Å²) in [6, 6.07) is 13.6. The summed E-state index contributed by atoms with van der Waals surface area (Å²) in [4.78, 5) is 16.8. The van der Waals surface area contributed by atoms with Gasteiger partial charge in [0.25, 0.3) is 5.91 Å². The van der Waals surface area contributed by atoms with Gasteiger partial charge in [0, 0.05) is 12.7 Å². The highest BCUT2D eigenvalue weighted by Crippen LogP contribution is 2.14. The SMILES string of the molecule is CCc1c(C(=O)NCCCOc2cccc(C)c2)cnn1-c1ccccn1. The van der Waals surface area contributed by atoms with E-state index in [0.29, 0.717) is 31.0 Å². The van der Waals surface area contributed by atoms with E-state index in [0.717, 1.165) is 23.4 Å². The lowest BCUT2D eigenvalue weighted by Gasteiger charge is -2.09. The van der Waals surface area contributed by atoms with Crippen LogP contribution in [0.5, 0.6) is 5.75 Å². The average molecular weight is 364 g/mol. The fourth-order valence-corrected chi connectivity index (χ4v) is 2.84. The molecule has 0 aliphatic carbocycles. The van der Waals surface area contributed by atoms with Crippen LogP contribution in [0.3, 0.4) is 0 Å². The predicted octanol–water partition coefficient (Wildman–Crippen LogP) is 3.34. The number of hydrogen-bond donors (Lipinski definition) is 1. The molecule has 27 heavy (non-hydrogen) atoms. The Morgan fingerprint density at radius 3 is 2.85 bits per heavy atom. The van der Waals surface area contributed by atoms with Gasteiger partial charge >= 0.3 is 0 Å². The van der Waals surface area contributed by atoms with Crippen molar-refractivity contribution < 1.29 is 9.53 Å². The Hall–Kier alpha value is -3.15. The Morgan fingerprint density at radius 1 is 1.22 bits per heavy atom. The zero-order valence-corrected chi connectivity index (χ0v) is 15.7. The van der Waals surface area contributed by atoms with Gasteiger partial charge in [0.2, 0.25) is 0 Å². The number of nitrogens with zero attached hydrogens (tertiary/aromatic N) is 3. The van der Waals surface area contributed by atoms with E-state index in [4.69, 9.17) is 4.74 Å². The van der Waals surface area contributed by atoms with Crippen LogP contribution in [0.4, 0.5) is 0 Å². The highest BCUT2D eigenvalue weighted by Gasteiger charge is 2.17. The number of carbonyl (C=O) groups excluding carboxylic acids is 1. The topological polar surface area (TPSA) is 69.0 Å². The number of benzene rings is 1. The molecule has 2 heterocycles. The molecule has 1 N–H and O–H groups in total. The Bertz CT molecular complexity index is 890. The lowest BCUT2D eigenvalue weighted by atomic mass is 10.2. The fraction of sp³-hybridized carbons (Fsp3) is 0.286. The summed E-state index contributed by atoms with van der Waals surface area (Å²) in [6.07, 6.45) is 4.74. The summed E-state index contributed by atoms with van der Waals surface area (Å²) < 4.78 is 7.42. The molecule has 0 bridgehead atoms. The normalized spacial score (nSPS) is 10.6. The Kier molecular flexibility index (Phi) is 6.20. The molecule has 0 spiro atoms. The van der Waals surface area contributed by atoms with Crippen LogP contribution in [0, 0.1) is 6.92 Å². The van der Waals surface area contributed by atoms with E-state index in [9.17, 15) is 4.79 Å². The molecular formula is C21H24N4O2. The summed E-state index contributed by atoms with van der Waals surface area (Å²) >= 11 is 0. The Labute approximate surface area is 159 Å². The van der Waals surface area contributed by atoms with Crippen LogP contribution in [0.1, 0.15) is 35.0 Å². The number of ether oxygens (including phenoxy) is 1. The van der Waals surface area contributed by atoms with Crippen molar-refractivity contribution in [3.63, 3.8) is 0 Å². The van der Waals surface area contributed by atoms with Crippen LogP contribution in [0.15, 0.2) is 54.9 Å². The van der Waals surface area contributed by atoms with Crippen LogP contribution < -0.4 is 10.1 Å². The van der Waals surface area contributed by atoms with Crippen LogP contribution in [0.25, 0.3) is 5.82 Å². The van der Waals surface area contributed by atoms with Crippen LogP contribution >= 0.6 is 0 Å². The standard InChI is InChI=1S/C21H24N4O2/c1-3-19-18(15-24-25(19)20-10-4-5-11-22-20)21(26)23-12-7-13-27-17-9-6-8-16(2)14-17/h4-6,8-11,14-15H,3,7,12-13H2,1-2H3,(H,23,26). The highest BCUT2D eigenvalue weighted by atomic mass is 16.5. The molecule has 0 saturated heterocycles. The summed E-state index contributed by atoms with van der Waals surface area (Å²) in [6.45, 7) is 5.13. The van der Waals surface area contributed by atoms with Gasteiger partial charge in [-0.25, -0.2) is 9.67 Å². The third-order valence-corrected chi connectivity index (χ3v) is 4.18. The van der Waals surface area contributed by atoms with E-state index >= 15 is 0 Å². The van der Waals surface area contributed by atoms with Crippen molar-refractivity contribution in [3.05, 3.63) is 71.7 Å². The fourth-order valence-electron chi connectivity index (χ4n) is 2.84. The Balaban J connectivity index is 1.53. The summed E-state index contributed by atoms with van der Waals surface area (Å²) in [5.41, 5.74) is 2.60. The lowest BCUT2D eigenvalue weighted by molar-refractivity contribution is 0.0950. The van der Waals surface area contributed by atoms with Gasteiger partial charge < -0.3 is 10.1 Å². The molecular weight excluding hydrogens is 340 g/mol. The number of amides is 1. The first-order valence-electron chi connectivity index (χ1n) is 9.15. The van der Waals surface area contributed by atoms with E-state index in [1.165, 1.54) is 0 Å². The molecule has 0 atom stereocenters. The van der Waals surface area contributed by atoms with Gasteiger partial charge in [-0.3, -0.25) is 4.79 Å². The zero-order chi connectivity index (χ0) is 19.1. The maximum atomic E-state index is 12.5. The molecule has 0 fully saturated rings. The van der Waals surface area contributed by atoms with Gasteiger partial charge in [-0.1, -0.05) is 25.1 Å². The van der Waals surface area contributed by atoms with Gasteiger partial charge in [0.05, 0.1) is 24.1 Å². The molecule has 6 nitrogen and oxygen atoms in total. The number of aryl methyl sites for hydroxylation is 1. The molecule has 3 aromatic rings. The van der Waals surface area contributed by atoms with Gasteiger partial charge in [-0.2, -0.15) is 5.10 Å². The summed E-state index contributed by atoms with van der Waals surface area (Å²) in [5, 5.41) is 7.28. The van der Waals surface area contributed by atoms with Gasteiger partial charge in [-0.15, -0.1) is 0 Å². The monoisotopic (exact) mass is 364 g/mol. The van der Waals surface area contributed by atoms with Gasteiger partial charge in [0.15, 0.2) is 5.82 Å². The highest BCUT2D eigenvalue weighted by molar-refractivity contribution is 5.95. The smallest absolute Gasteiger partial charge is 0.254 e. The number of hydrogen-bond acceptors (Lipinski definition) is 4. The maximum absolute atomic E-state index is 12.5. The summed E-state index contributed by atoms with van der Waals surface area (Å²) in [7, 11) is 0. The van der Waals surface area contributed by atoms with Crippen molar-refractivity contribution >= 4 is 5.91 Å². The van der Waals surface area contributed by atoms with E-state index in [2.05, 4.69) is 15.4 Å². The number of nitrogens with one attached hydrogen (secondary N) is 1. The minimum Gasteiger partial charge on any atom is -0.494 e. The third-order valence-electron chi connectivity index (χ3n) is 4.18. The Morgan fingerprint density at radius 2 is 2.11 bits per heavy atom. The second-order valence-electron chi connectivity index (χ2n) is 6.23. The molecule has 6 heteroatoms. The number of pyridine rings is 1. The van der Waals surface area contributed by atoms with Crippen molar-refractivity contribution in [3.8, 4) is 11.6 Å². The second kappa shape index (κ2) is 8.98. The van der Waals surface area contributed by atoms with Crippen molar-refractivity contribution in [2.24, 2.45) is 0 Å². The molecule has 0 radical (unpaired) electrons. The number of rotatable bonds is 8. The molecule has 0 unspecified atom stereocenters. The zero-order valence-electron chi connectivity index (χ0n) is 15.7. The second-order valence-corrected chi connectivity index (χ2v) is 6.23. The number of carbonyl (C=O) groups is 1. The number of aromatic nitrogens is 3. The van der Waals surface area contributed by atoms with E-state index in [1.54, 1.807) is 17.1 Å². The maximum Gasteiger partial charge on any atom is 0.254 e. The van der Waals surface area contributed by atoms with Gasteiger partial charge in [0.1, 0.15) is 5.75 Å².